The zero-order chi connectivity index (χ0) is 16.8. The molecule has 1 N–H and O–H groups in total. The number of carbonyl (C=O) groups is 1. The Morgan fingerprint density at radius 2 is 1.86 bits per heavy atom. The SMILES string of the molecule is CC[C@@H](/C=C/[C@H](C)NS(=O)(=O)c1ccc(C)cc1)C(=O)OC. The predicted molar refractivity (Wildman–Crippen MR) is 85.9 cm³/mol. The molecule has 0 bridgehead atoms. The van der Waals surface area contributed by atoms with E-state index in [9.17, 15) is 13.2 Å². The number of hydrogen-bond acceptors (Lipinski definition) is 4. The molecule has 0 aromatic heterocycles. The molecular formula is C16H23NO4S. The first kappa shape index (κ1) is 18.4. The summed E-state index contributed by atoms with van der Waals surface area (Å²) in [5.41, 5.74) is 0.996. The van der Waals surface area contributed by atoms with Gasteiger partial charge in [0.25, 0.3) is 0 Å². The average Bonchev–Trinajstić information content (AvgIpc) is 2.47. The summed E-state index contributed by atoms with van der Waals surface area (Å²) in [5.74, 6) is -0.691. The molecule has 1 rings (SSSR count). The van der Waals surface area contributed by atoms with Crippen molar-refractivity contribution in [3.05, 3.63) is 42.0 Å². The number of carbonyl (C=O) groups excluding carboxylic acids is 1. The lowest BCUT2D eigenvalue weighted by Gasteiger charge is -2.12. The van der Waals surface area contributed by atoms with Crippen LogP contribution in [0.1, 0.15) is 25.8 Å². The number of hydrogen-bond donors (Lipinski definition) is 1. The minimum Gasteiger partial charge on any atom is -0.469 e. The van der Waals surface area contributed by atoms with Crippen molar-refractivity contribution in [1.82, 2.24) is 4.72 Å². The standard InChI is InChI=1S/C16H23NO4S/c1-5-14(16(18)21-4)9-8-13(3)17-22(19,20)15-10-6-12(2)7-11-15/h6-11,13-14,17H,5H2,1-4H3/b9-8+/t13-,14-/m0/s1. The quantitative estimate of drug-likeness (QED) is 0.617. The first-order valence-corrected chi connectivity index (χ1v) is 8.63. The molecule has 0 radical (unpaired) electrons. The fourth-order valence-electron chi connectivity index (χ4n) is 1.90. The van der Waals surface area contributed by atoms with E-state index in [2.05, 4.69) is 9.46 Å². The van der Waals surface area contributed by atoms with Crippen molar-refractivity contribution in [2.45, 2.75) is 38.1 Å². The van der Waals surface area contributed by atoms with Crippen molar-refractivity contribution in [3.63, 3.8) is 0 Å². The van der Waals surface area contributed by atoms with Gasteiger partial charge in [-0.1, -0.05) is 36.8 Å². The third kappa shape index (κ3) is 5.27. The molecule has 22 heavy (non-hydrogen) atoms. The number of esters is 1. The second kappa shape index (κ2) is 8.10. The third-order valence-electron chi connectivity index (χ3n) is 3.25. The smallest absolute Gasteiger partial charge is 0.312 e. The summed E-state index contributed by atoms with van der Waals surface area (Å²) in [6.45, 7) is 5.48. The monoisotopic (exact) mass is 325 g/mol. The second-order valence-electron chi connectivity index (χ2n) is 5.15. The molecule has 1 aromatic carbocycles. The average molecular weight is 325 g/mol. The van der Waals surface area contributed by atoms with Gasteiger partial charge in [-0.05, 0) is 32.4 Å². The molecule has 0 fully saturated rings. The maximum Gasteiger partial charge on any atom is 0.312 e. The number of rotatable bonds is 7. The molecule has 6 heteroatoms. The van der Waals surface area contributed by atoms with Crippen molar-refractivity contribution >= 4 is 16.0 Å². The van der Waals surface area contributed by atoms with Crippen molar-refractivity contribution < 1.29 is 17.9 Å². The number of nitrogens with one attached hydrogen (secondary N) is 1. The number of methoxy groups -OCH3 is 1. The van der Waals surface area contributed by atoms with Gasteiger partial charge in [-0.3, -0.25) is 4.79 Å². The Hall–Kier alpha value is -1.66. The van der Waals surface area contributed by atoms with Gasteiger partial charge in [-0.2, -0.15) is 0 Å². The van der Waals surface area contributed by atoms with E-state index in [0.717, 1.165) is 5.56 Å². The lowest BCUT2D eigenvalue weighted by molar-refractivity contribution is -0.143. The normalized spacial score (nSPS) is 14.7. The van der Waals surface area contributed by atoms with Crippen LogP contribution in [-0.4, -0.2) is 27.5 Å². The summed E-state index contributed by atoms with van der Waals surface area (Å²) >= 11 is 0. The van der Waals surface area contributed by atoms with Crippen LogP contribution in [0.2, 0.25) is 0 Å². The maximum absolute atomic E-state index is 12.2. The summed E-state index contributed by atoms with van der Waals surface area (Å²) in [6, 6.07) is 6.21. The summed E-state index contributed by atoms with van der Waals surface area (Å²) in [4.78, 5) is 11.7. The van der Waals surface area contributed by atoms with E-state index in [1.54, 1.807) is 43.3 Å². The largest absolute Gasteiger partial charge is 0.469 e. The van der Waals surface area contributed by atoms with Gasteiger partial charge < -0.3 is 4.74 Å². The molecular weight excluding hydrogens is 302 g/mol. The fraction of sp³-hybridized carbons (Fsp3) is 0.438. The molecule has 0 saturated carbocycles. The van der Waals surface area contributed by atoms with Crippen molar-refractivity contribution in [1.29, 1.82) is 0 Å². The van der Waals surface area contributed by atoms with E-state index in [1.807, 2.05) is 13.8 Å². The molecule has 0 heterocycles. The minimum atomic E-state index is -3.57. The molecule has 0 aliphatic heterocycles. The van der Waals surface area contributed by atoms with Crippen LogP contribution in [-0.2, 0) is 19.6 Å². The van der Waals surface area contributed by atoms with Crippen molar-refractivity contribution in [2.75, 3.05) is 7.11 Å². The zero-order valence-corrected chi connectivity index (χ0v) is 14.2. The van der Waals surface area contributed by atoms with Gasteiger partial charge in [0.1, 0.15) is 0 Å². The molecule has 1 aromatic rings. The number of sulfonamides is 1. The van der Waals surface area contributed by atoms with E-state index < -0.39 is 16.1 Å². The number of benzene rings is 1. The van der Waals surface area contributed by atoms with Crippen LogP contribution in [0.25, 0.3) is 0 Å². The lowest BCUT2D eigenvalue weighted by atomic mass is 10.1. The molecule has 0 spiro atoms. The van der Waals surface area contributed by atoms with Crippen LogP contribution in [0.4, 0.5) is 0 Å². The maximum atomic E-state index is 12.2. The Morgan fingerprint density at radius 1 is 1.27 bits per heavy atom. The van der Waals surface area contributed by atoms with E-state index in [-0.39, 0.29) is 16.8 Å². The van der Waals surface area contributed by atoms with Crippen LogP contribution in [0.3, 0.4) is 0 Å². The van der Waals surface area contributed by atoms with E-state index in [4.69, 9.17) is 0 Å². The number of aryl methyl sites for hydroxylation is 1. The zero-order valence-electron chi connectivity index (χ0n) is 13.4. The van der Waals surface area contributed by atoms with Gasteiger partial charge in [0.05, 0.1) is 17.9 Å². The summed E-state index contributed by atoms with van der Waals surface area (Å²) in [5, 5.41) is 0. The molecule has 0 aliphatic rings. The van der Waals surface area contributed by atoms with Gasteiger partial charge in [-0.15, -0.1) is 0 Å². The van der Waals surface area contributed by atoms with E-state index in [0.29, 0.717) is 6.42 Å². The van der Waals surface area contributed by atoms with Crippen LogP contribution < -0.4 is 4.72 Å². The molecule has 5 nitrogen and oxygen atoms in total. The summed E-state index contributed by atoms with van der Waals surface area (Å²) in [7, 11) is -2.24. The van der Waals surface area contributed by atoms with Crippen LogP contribution in [0.5, 0.6) is 0 Å². The molecule has 0 amide bonds. The Balaban J connectivity index is 2.76. The van der Waals surface area contributed by atoms with Crippen LogP contribution in [0, 0.1) is 12.8 Å². The predicted octanol–water partition coefficient (Wildman–Crippen LogP) is 2.42. The third-order valence-corrected chi connectivity index (χ3v) is 4.82. The highest BCUT2D eigenvalue weighted by molar-refractivity contribution is 7.89. The van der Waals surface area contributed by atoms with Gasteiger partial charge in [0.15, 0.2) is 0 Å². The minimum absolute atomic E-state index is 0.221. The Labute approximate surface area is 132 Å². The van der Waals surface area contributed by atoms with Crippen molar-refractivity contribution in [3.8, 4) is 0 Å². The highest BCUT2D eigenvalue weighted by atomic mass is 32.2. The first-order valence-electron chi connectivity index (χ1n) is 7.15. The highest BCUT2D eigenvalue weighted by Crippen LogP contribution is 2.12. The summed E-state index contributed by atoms with van der Waals surface area (Å²) in [6.07, 6.45) is 3.94. The van der Waals surface area contributed by atoms with Crippen LogP contribution >= 0.6 is 0 Å². The Morgan fingerprint density at radius 3 is 2.36 bits per heavy atom. The molecule has 122 valence electrons. The highest BCUT2D eigenvalue weighted by Gasteiger charge is 2.17. The Kier molecular flexibility index (Phi) is 6.77. The van der Waals surface area contributed by atoms with Crippen LogP contribution in [0.15, 0.2) is 41.3 Å². The van der Waals surface area contributed by atoms with Gasteiger partial charge in [0, 0.05) is 6.04 Å². The molecule has 0 aliphatic carbocycles. The lowest BCUT2D eigenvalue weighted by Crippen LogP contribution is -2.31. The van der Waals surface area contributed by atoms with E-state index >= 15 is 0 Å². The first-order chi connectivity index (χ1) is 10.3. The summed E-state index contributed by atoms with van der Waals surface area (Å²) < 4.78 is 31.7. The number of ether oxygens (including phenoxy) is 1. The van der Waals surface area contributed by atoms with Gasteiger partial charge in [-0.25, -0.2) is 13.1 Å². The molecule has 0 unspecified atom stereocenters. The Bertz CT molecular complexity index is 620. The topological polar surface area (TPSA) is 72.5 Å². The van der Waals surface area contributed by atoms with Gasteiger partial charge >= 0.3 is 5.97 Å². The van der Waals surface area contributed by atoms with E-state index in [1.165, 1.54) is 7.11 Å². The fourth-order valence-corrected chi connectivity index (χ4v) is 3.10. The molecule has 2 atom stereocenters. The van der Waals surface area contributed by atoms with Gasteiger partial charge in [0.2, 0.25) is 10.0 Å². The molecule has 0 saturated heterocycles. The van der Waals surface area contributed by atoms with Crippen molar-refractivity contribution in [2.24, 2.45) is 5.92 Å². The second-order valence-corrected chi connectivity index (χ2v) is 6.86.